The SMILES string of the molecule is CC(Oc1ccccc1)c1nc(-c2cccc(Br)c2)no1. The molecule has 0 fully saturated rings. The average molecular weight is 345 g/mol. The van der Waals surface area contributed by atoms with E-state index in [1.807, 2.05) is 61.5 Å². The van der Waals surface area contributed by atoms with E-state index in [9.17, 15) is 0 Å². The van der Waals surface area contributed by atoms with Crippen LogP contribution < -0.4 is 4.74 Å². The third-order valence-electron chi connectivity index (χ3n) is 2.93. The lowest BCUT2D eigenvalue weighted by Gasteiger charge is -2.09. The topological polar surface area (TPSA) is 48.2 Å². The first-order valence-corrected chi connectivity index (χ1v) is 7.33. The van der Waals surface area contributed by atoms with E-state index in [1.165, 1.54) is 0 Å². The van der Waals surface area contributed by atoms with Crippen LogP contribution in [0.15, 0.2) is 63.6 Å². The fourth-order valence-electron chi connectivity index (χ4n) is 1.90. The van der Waals surface area contributed by atoms with Gasteiger partial charge < -0.3 is 9.26 Å². The van der Waals surface area contributed by atoms with Crippen LogP contribution in [-0.2, 0) is 0 Å². The highest BCUT2D eigenvalue weighted by molar-refractivity contribution is 9.10. The minimum Gasteiger partial charge on any atom is -0.481 e. The maximum atomic E-state index is 5.77. The summed E-state index contributed by atoms with van der Waals surface area (Å²) < 4.78 is 12.0. The summed E-state index contributed by atoms with van der Waals surface area (Å²) in [6.45, 7) is 1.88. The Kier molecular flexibility index (Phi) is 4.01. The molecule has 0 amide bonds. The van der Waals surface area contributed by atoms with E-state index in [-0.39, 0.29) is 6.10 Å². The van der Waals surface area contributed by atoms with Gasteiger partial charge in [0, 0.05) is 10.0 Å². The van der Waals surface area contributed by atoms with E-state index >= 15 is 0 Å². The average Bonchev–Trinajstić information content (AvgIpc) is 2.98. The van der Waals surface area contributed by atoms with Crippen LogP contribution in [0.25, 0.3) is 11.4 Å². The van der Waals surface area contributed by atoms with Crippen LogP contribution in [0.2, 0.25) is 0 Å². The lowest BCUT2D eigenvalue weighted by atomic mass is 10.2. The van der Waals surface area contributed by atoms with E-state index in [0.717, 1.165) is 15.8 Å². The van der Waals surface area contributed by atoms with Crippen molar-refractivity contribution in [1.82, 2.24) is 10.1 Å². The Morgan fingerprint density at radius 3 is 2.67 bits per heavy atom. The zero-order valence-electron chi connectivity index (χ0n) is 11.4. The Morgan fingerprint density at radius 1 is 1.10 bits per heavy atom. The molecular weight excluding hydrogens is 332 g/mol. The van der Waals surface area contributed by atoms with Gasteiger partial charge in [-0.1, -0.05) is 51.4 Å². The number of aromatic nitrogens is 2. The van der Waals surface area contributed by atoms with E-state index in [2.05, 4.69) is 26.1 Å². The monoisotopic (exact) mass is 344 g/mol. The molecule has 21 heavy (non-hydrogen) atoms. The number of ether oxygens (including phenoxy) is 1. The number of rotatable bonds is 4. The van der Waals surface area contributed by atoms with Gasteiger partial charge in [0.25, 0.3) is 5.89 Å². The number of nitrogens with zero attached hydrogens (tertiary/aromatic N) is 2. The van der Waals surface area contributed by atoms with E-state index < -0.39 is 0 Å². The largest absolute Gasteiger partial charge is 0.481 e. The van der Waals surface area contributed by atoms with Gasteiger partial charge in [0.05, 0.1) is 0 Å². The summed E-state index contributed by atoms with van der Waals surface area (Å²) >= 11 is 3.43. The fourth-order valence-corrected chi connectivity index (χ4v) is 2.30. The summed E-state index contributed by atoms with van der Waals surface area (Å²) in [6.07, 6.45) is -0.305. The summed E-state index contributed by atoms with van der Waals surface area (Å²) in [5, 5.41) is 4.00. The molecule has 1 unspecified atom stereocenters. The molecule has 0 spiro atoms. The van der Waals surface area contributed by atoms with Crippen molar-refractivity contribution in [3.63, 3.8) is 0 Å². The van der Waals surface area contributed by atoms with Crippen LogP contribution >= 0.6 is 15.9 Å². The quantitative estimate of drug-likeness (QED) is 0.691. The van der Waals surface area contributed by atoms with Gasteiger partial charge in [-0.2, -0.15) is 4.98 Å². The van der Waals surface area contributed by atoms with Gasteiger partial charge in [0.2, 0.25) is 5.82 Å². The molecule has 0 aliphatic carbocycles. The van der Waals surface area contributed by atoms with E-state index in [4.69, 9.17) is 9.26 Å². The first-order chi connectivity index (χ1) is 10.2. The molecule has 0 aliphatic heterocycles. The van der Waals surface area contributed by atoms with Crippen molar-refractivity contribution in [2.75, 3.05) is 0 Å². The van der Waals surface area contributed by atoms with Gasteiger partial charge in [-0.05, 0) is 31.2 Å². The number of hydrogen-bond acceptors (Lipinski definition) is 4. The van der Waals surface area contributed by atoms with Crippen LogP contribution in [0, 0.1) is 0 Å². The fraction of sp³-hybridized carbons (Fsp3) is 0.125. The third kappa shape index (κ3) is 3.31. The molecule has 0 saturated heterocycles. The summed E-state index contributed by atoms with van der Waals surface area (Å²) in [5.74, 6) is 1.77. The zero-order valence-corrected chi connectivity index (χ0v) is 12.9. The molecule has 106 valence electrons. The van der Waals surface area contributed by atoms with Gasteiger partial charge in [0.15, 0.2) is 6.10 Å². The van der Waals surface area contributed by atoms with Crippen molar-refractivity contribution in [3.8, 4) is 17.1 Å². The first-order valence-electron chi connectivity index (χ1n) is 6.53. The van der Waals surface area contributed by atoms with E-state index in [0.29, 0.717) is 11.7 Å². The molecule has 1 atom stereocenters. The summed E-state index contributed by atoms with van der Waals surface area (Å²) in [6, 6.07) is 17.3. The van der Waals surface area contributed by atoms with Crippen molar-refractivity contribution in [2.45, 2.75) is 13.0 Å². The first kappa shape index (κ1) is 13.8. The molecular formula is C16H13BrN2O2. The minimum atomic E-state index is -0.305. The maximum absolute atomic E-state index is 5.77. The standard InChI is InChI=1S/C16H13BrN2O2/c1-11(20-14-8-3-2-4-9-14)16-18-15(19-21-16)12-6-5-7-13(17)10-12/h2-11H,1H3. The second-order valence-electron chi connectivity index (χ2n) is 4.54. The smallest absolute Gasteiger partial charge is 0.267 e. The Labute approximate surface area is 130 Å². The second kappa shape index (κ2) is 6.10. The molecule has 0 N–H and O–H groups in total. The highest BCUT2D eigenvalue weighted by Gasteiger charge is 2.16. The predicted octanol–water partition coefficient (Wildman–Crippen LogP) is 4.64. The van der Waals surface area contributed by atoms with Crippen molar-refractivity contribution in [2.24, 2.45) is 0 Å². The lowest BCUT2D eigenvalue weighted by molar-refractivity contribution is 0.176. The Hall–Kier alpha value is -2.14. The summed E-state index contributed by atoms with van der Waals surface area (Å²) in [5.41, 5.74) is 0.895. The molecule has 1 aromatic heterocycles. The normalized spacial score (nSPS) is 12.1. The number of hydrogen-bond donors (Lipinski definition) is 0. The molecule has 3 aromatic rings. The van der Waals surface area contributed by atoms with Gasteiger partial charge in [-0.3, -0.25) is 0 Å². The summed E-state index contributed by atoms with van der Waals surface area (Å²) in [4.78, 5) is 4.39. The van der Waals surface area contributed by atoms with Gasteiger partial charge in [-0.15, -0.1) is 0 Å². The number of para-hydroxylation sites is 1. The zero-order chi connectivity index (χ0) is 14.7. The third-order valence-corrected chi connectivity index (χ3v) is 3.42. The maximum Gasteiger partial charge on any atom is 0.267 e. The van der Waals surface area contributed by atoms with Crippen LogP contribution in [0.5, 0.6) is 5.75 Å². The lowest BCUT2D eigenvalue weighted by Crippen LogP contribution is -2.03. The predicted molar refractivity (Wildman–Crippen MR) is 82.9 cm³/mol. The van der Waals surface area contributed by atoms with Crippen molar-refractivity contribution < 1.29 is 9.26 Å². The molecule has 0 bridgehead atoms. The molecule has 1 heterocycles. The van der Waals surface area contributed by atoms with Crippen LogP contribution in [-0.4, -0.2) is 10.1 Å². The molecule has 5 heteroatoms. The molecule has 0 radical (unpaired) electrons. The molecule has 0 aliphatic rings. The van der Waals surface area contributed by atoms with E-state index in [1.54, 1.807) is 0 Å². The van der Waals surface area contributed by atoms with Crippen molar-refractivity contribution in [1.29, 1.82) is 0 Å². The van der Waals surface area contributed by atoms with Crippen molar-refractivity contribution >= 4 is 15.9 Å². The molecule has 3 rings (SSSR count). The molecule has 0 saturated carbocycles. The Bertz CT molecular complexity index is 728. The molecule has 2 aromatic carbocycles. The Morgan fingerprint density at radius 2 is 1.90 bits per heavy atom. The Balaban J connectivity index is 1.78. The van der Waals surface area contributed by atoms with Gasteiger partial charge in [0.1, 0.15) is 5.75 Å². The van der Waals surface area contributed by atoms with Crippen LogP contribution in [0.1, 0.15) is 18.9 Å². The summed E-state index contributed by atoms with van der Waals surface area (Å²) in [7, 11) is 0. The minimum absolute atomic E-state index is 0.305. The highest BCUT2D eigenvalue weighted by Crippen LogP contribution is 2.24. The van der Waals surface area contributed by atoms with Gasteiger partial charge >= 0.3 is 0 Å². The van der Waals surface area contributed by atoms with Crippen LogP contribution in [0.4, 0.5) is 0 Å². The van der Waals surface area contributed by atoms with Gasteiger partial charge in [-0.25, -0.2) is 0 Å². The number of benzene rings is 2. The highest BCUT2D eigenvalue weighted by atomic mass is 79.9. The number of halogens is 1. The molecule has 4 nitrogen and oxygen atoms in total. The van der Waals surface area contributed by atoms with Crippen LogP contribution in [0.3, 0.4) is 0 Å². The second-order valence-corrected chi connectivity index (χ2v) is 5.46. The van der Waals surface area contributed by atoms with Crippen molar-refractivity contribution in [3.05, 3.63) is 65.0 Å².